The predicted molar refractivity (Wildman–Crippen MR) is 81.7 cm³/mol. The molecule has 0 saturated heterocycles. The molecule has 2 amide bonds. The van der Waals surface area contributed by atoms with Gasteiger partial charge in [-0.15, -0.1) is 0 Å². The van der Waals surface area contributed by atoms with Gasteiger partial charge in [-0.05, 0) is 18.2 Å². The number of hydrogen-bond acceptors (Lipinski definition) is 3. The summed E-state index contributed by atoms with van der Waals surface area (Å²) in [6, 6.07) is 12.9. The van der Waals surface area contributed by atoms with Crippen LogP contribution >= 0.6 is 0 Å². The fourth-order valence-corrected chi connectivity index (χ4v) is 1.93. The van der Waals surface area contributed by atoms with Crippen LogP contribution in [0.4, 0.5) is 10.1 Å². The number of rotatable bonds is 6. The Morgan fingerprint density at radius 3 is 2.45 bits per heavy atom. The monoisotopic (exact) mass is 301 g/mol. The normalized spacial score (nSPS) is 10.0. The van der Waals surface area contributed by atoms with Crippen LogP contribution in [0.15, 0.2) is 48.5 Å². The minimum Gasteiger partial charge on any atom is -0.376 e. The number of carbonyl (C=O) groups is 2. The zero-order valence-corrected chi connectivity index (χ0v) is 11.8. The topological polar surface area (TPSA) is 84.2 Å². The molecule has 0 aliphatic rings. The number of primary amides is 1. The van der Waals surface area contributed by atoms with E-state index < -0.39 is 5.91 Å². The molecule has 0 radical (unpaired) electrons. The fourth-order valence-electron chi connectivity index (χ4n) is 1.93. The van der Waals surface area contributed by atoms with Crippen LogP contribution in [0.1, 0.15) is 15.9 Å². The Hall–Kier alpha value is -2.89. The van der Waals surface area contributed by atoms with Crippen molar-refractivity contribution in [2.45, 2.75) is 6.54 Å². The van der Waals surface area contributed by atoms with Crippen LogP contribution in [0, 0.1) is 5.82 Å². The molecule has 0 heterocycles. The molecule has 0 aliphatic heterocycles. The highest BCUT2D eigenvalue weighted by Crippen LogP contribution is 2.13. The van der Waals surface area contributed by atoms with Crippen LogP contribution in [0.25, 0.3) is 0 Å². The molecule has 0 saturated carbocycles. The van der Waals surface area contributed by atoms with E-state index in [1.165, 1.54) is 6.07 Å². The maximum atomic E-state index is 13.4. The van der Waals surface area contributed by atoms with Crippen molar-refractivity contribution < 1.29 is 14.0 Å². The molecule has 0 fully saturated rings. The molecule has 0 aliphatic carbocycles. The van der Waals surface area contributed by atoms with E-state index in [0.29, 0.717) is 16.8 Å². The Kier molecular flexibility index (Phi) is 5.08. The van der Waals surface area contributed by atoms with Crippen molar-refractivity contribution in [1.82, 2.24) is 5.32 Å². The van der Waals surface area contributed by atoms with E-state index >= 15 is 0 Å². The van der Waals surface area contributed by atoms with Crippen molar-refractivity contribution in [1.29, 1.82) is 0 Å². The number of anilines is 1. The van der Waals surface area contributed by atoms with Crippen LogP contribution in [0.2, 0.25) is 0 Å². The zero-order valence-electron chi connectivity index (χ0n) is 11.8. The molecule has 114 valence electrons. The summed E-state index contributed by atoms with van der Waals surface area (Å²) in [6.07, 6.45) is 0. The quantitative estimate of drug-likeness (QED) is 0.758. The molecule has 2 aromatic rings. The summed E-state index contributed by atoms with van der Waals surface area (Å²) in [6.45, 7) is 0.0589. The number of hydrogen-bond donors (Lipinski definition) is 3. The van der Waals surface area contributed by atoms with Crippen molar-refractivity contribution in [3.05, 3.63) is 65.5 Å². The van der Waals surface area contributed by atoms with Gasteiger partial charge in [0.1, 0.15) is 5.82 Å². The SMILES string of the molecule is NC(=O)c1ccccc1NCC(=O)NCc1ccccc1F. The van der Waals surface area contributed by atoms with E-state index in [2.05, 4.69) is 10.6 Å². The van der Waals surface area contributed by atoms with Crippen molar-refractivity contribution in [2.75, 3.05) is 11.9 Å². The number of nitrogens with one attached hydrogen (secondary N) is 2. The standard InChI is InChI=1S/C16H16FN3O2/c17-13-7-3-1-5-11(13)9-20-15(21)10-19-14-8-4-2-6-12(14)16(18)22/h1-8,19H,9-10H2,(H2,18,22)(H,20,21). The van der Waals surface area contributed by atoms with Crippen molar-refractivity contribution in [3.8, 4) is 0 Å². The molecule has 0 atom stereocenters. The van der Waals surface area contributed by atoms with E-state index in [1.54, 1.807) is 42.5 Å². The van der Waals surface area contributed by atoms with E-state index in [4.69, 9.17) is 5.73 Å². The smallest absolute Gasteiger partial charge is 0.250 e. The highest BCUT2D eigenvalue weighted by Gasteiger charge is 2.09. The minimum atomic E-state index is -0.574. The number of halogens is 1. The second-order valence-electron chi connectivity index (χ2n) is 4.63. The van der Waals surface area contributed by atoms with Crippen molar-refractivity contribution in [2.24, 2.45) is 5.73 Å². The molecule has 6 heteroatoms. The van der Waals surface area contributed by atoms with Gasteiger partial charge in [0.15, 0.2) is 0 Å². The highest BCUT2D eigenvalue weighted by molar-refractivity contribution is 5.98. The maximum absolute atomic E-state index is 13.4. The van der Waals surface area contributed by atoms with Crippen molar-refractivity contribution >= 4 is 17.5 Å². The molecule has 2 rings (SSSR count). The van der Waals surface area contributed by atoms with E-state index in [-0.39, 0.29) is 24.8 Å². The van der Waals surface area contributed by atoms with Crippen LogP contribution in [-0.2, 0) is 11.3 Å². The Balaban J connectivity index is 1.89. The molecule has 5 nitrogen and oxygen atoms in total. The van der Waals surface area contributed by atoms with Crippen LogP contribution in [0.3, 0.4) is 0 Å². The summed E-state index contributed by atoms with van der Waals surface area (Å²) in [5, 5.41) is 5.44. The molecule has 0 bridgehead atoms. The predicted octanol–water partition coefficient (Wildman–Crippen LogP) is 1.65. The van der Waals surface area contributed by atoms with E-state index in [9.17, 15) is 14.0 Å². The lowest BCUT2D eigenvalue weighted by Crippen LogP contribution is -2.30. The van der Waals surface area contributed by atoms with Gasteiger partial charge in [0.2, 0.25) is 5.91 Å². The minimum absolute atomic E-state index is 0.0429. The number of nitrogens with two attached hydrogens (primary N) is 1. The fraction of sp³-hybridized carbons (Fsp3) is 0.125. The van der Waals surface area contributed by atoms with E-state index in [1.807, 2.05) is 0 Å². The number of para-hydroxylation sites is 1. The summed E-state index contributed by atoms with van der Waals surface area (Å²) in [7, 11) is 0. The first-order chi connectivity index (χ1) is 10.6. The zero-order chi connectivity index (χ0) is 15.9. The van der Waals surface area contributed by atoms with Gasteiger partial charge in [-0.2, -0.15) is 0 Å². The molecule has 22 heavy (non-hydrogen) atoms. The molecule has 4 N–H and O–H groups in total. The number of amides is 2. The number of benzene rings is 2. The second-order valence-corrected chi connectivity index (χ2v) is 4.63. The lowest BCUT2D eigenvalue weighted by Gasteiger charge is -2.10. The summed E-state index contributed by atoms with van der Waals surface area (Å²) < 4.78 is 13.4. The van der Waals surface area contributed by atoms with Gasteiger partial charge >= 0.3 is 0 Å². The van der Waals surface area contributed by atoms with Crippen LogP contribution in [0.5, 0.6) is 0 Å². The molecule has 0 spiro atoms. The molecular weight excluding hydrogens is 285 g/mol. The first-order valence-electron chi connectivity index (χ1n) is 6.70. The van der Waals surface area contributed by atoms with Gasteiger partial charge in [0.05, 0.1) is 12.1 Å². The van der Waals surface area contributed by atoms with Gasteiger partial charge in [0.25, 0.3) is 5.91 Å². The summed E-state index contributed by atoms with van der Waals surface area (Å²) >= 11 is 0. The molecule has 2 aromatic carbocycles. The third-order valence-corrected chi connectivity index (χ3v) is 3.07. The third-order valence-electron chi connectivity index (χ3n) is 3.07. The number of carbonyl (C=O) groups excluding carboxylic acids is 2. The van der Waals surface area contributed by atoms with Gasteiger partial charge in [-0.25, -0.2) is 4.39 Å². The first-order valence-corrected chi connectivity index (χ1v) is 6.70. The summed E-state index contributed by atoms with van der Waals surface area (Å²) in [4.78, 5) is 23.0. The Morgan fingerprint density at radius 2 is 1.73 bits per heavy atom. The second kappa shape index (κ2) is 7.21. The molecular formula is C16H16FN3O2. The first kappa shape index (κ1) is 15.5. The summed E-state index contributed by atoms with van der Waals surface area (Å²) in [5.41, 5.74) is 6.45. The van der Waals surface area contributed by atoms with Gasteiger partial charge in [-0.1, -0.05) is 30.3 Å². The van der Waals surface area contributed by atoms with Gasteiger partial charge in [0, 0.05) is 17.8 Å². The van der Waals surface area contributed by atoms with Crippen LogP contribution in [-0.4, -0.2) is 18.4 Å². The average molecular weight is 301 g/mol. The van der Waals surface area contributed by atoms with Gasteiger partial charge < -0.3 is 16.4 Å². The Bertz CT molecular complexity index is 689. The molecule has 0 aromatic heterocycles. The van der Waals surface area contributed by atoms with E-state index in [0.717, 1.165) is 0 Å². The molecule has 0 unspecified atom stereocenters. The highest BCUT2D eigenvalue weighted by atomic mass is 19.1. The Labute approximate surface area is 127 Å². The third kappa shape index (κ3) is 4.05. The lowest BCUT2D eigenvalue weighted by molar-refractivity contribution is -0.119. The lowest BCUT2D eigenvalue weighted by atomic mass is 10.1. The van der Waals surface area contributed by atoms with Crippen molar-refractivity contribution in [3.63, 3.8) is 0 Å². The largest absolute Gasteiger partial charge is 0.376 e. The van der Waals surface area contributed by atoms with Crippen LogP contribution < -0.4 is 16.4 Å². The maximum Gasteiger partial charge on any atom is 0.250 e. The average Bonchev–Trinajstić information content (AvgIpc) is 2.52. The van der Waals surface area contributed by atoms with Gasteiger partial charge in [-0.3, -0.25) is 9.59 Å². The Morgan fingerprint density at radius 1 is 1.05 bits per heavy atom. The summed E-state index contributed by atoms with van der Waals surface area (Å²) in [5.74, 6) is -1.26.